The lowest BCUT2D eigenvalue weighted by atomic mass is 9.92. The Morgan fingerprint density at radius 2 is 1.70 bits per heavy atom. The molecule has 9 heteroatoms. The zero-order valence-corrected chi connectivity index (χ0v) is 24.1. The number of carbonyl (C=O) groups is 3. The fourth-order valence-corrected chi connectivity index (χ4v) is 3.83. The quantitative estimate of drug-likeness (QED) is 0.194. The highest BCUT2D eigenvalue weighted by molar-refractivity contribution is 5.87. The second-order valence-corrected chi connectivity index (χ2v) is 9.19. The number of amides is 4. The summed E-state index contributed by atoms with van der Waals surface area (Å²) in [4.78, 5) is 42.1. The van der Waals surface area contributed by atoms with Crippen LogP contribution in [0.15, 0.2) is 78.6 Å². The predicted octanol–water partition coefficient (Wildman–Crippen LogP) is 4.33. The van der Waals surface area contributed by atoms with Crippen LogP contribution >= 0.6 is 0 Å². The van der Waals surface area contributed by atoms with Crippen LogP contribution in [-0.4, -0.2) is 71.6 Å². The SMILES string of the molecule is [2H]c1c([2H])c([2H])c(C([2H])([2H])[C@@H](C[C@H](O)[C@@]([2H])(NC(=O)C([2H])([2H])Oc2c(C)cccc2C)C([2H])([2H])c2c([2H])c([2H])c([2H])c([2H])c2[2H])NC(=O)[C@@]([2H])(N2C(=O)NC([2H])([2H])C([2H])([2H])C2([2H])[2H])C([2H])(C([2H])([2H])[2H])C([2H])([2H])[2H])c([2H])c1[2H]. The topological polar surface area (TPSA) is 120 Å². The van der Waals surface area contributed by atoms with Crippen molar-refractivity contribution in [3.63, 3.8) is 0 Å². The normalized spacial score (nSPS) is 31.9. The number of nitrogens with one attached hydrogen (secondary N) is 3. The van der Waals surface area contributed by atoms with Crippen LogP contribution in [0.5, 0.6) is 5.75 Å². The third-order valence-corrected chi connectivity index (χ3v) is 5.86. The van der Waals surface area contributed by atoms with Gasteiger partial charge in [-0.25, -0.2) is 4.79 Å². The highest BCUT2D eigenvalue weighted by atomic mass is 16.5. The van der Waals surface area contributed by atoms with Crippen molar-refractivity contribution in [1.29, 1.82) is 0 Å². The molecule has 1 aliphatic rings. The van der Waals surface area contributed by atoms with Gasteiger partial charge in [0.05, 0.1) is 31.3 Å². The molecule has 3 aromatic carbocycles. The third-order valence-electron chi connectivity index (χ3n) is 5.86. The van der Waals surface area contributed by atoms with E-state index in [1.165, 1.54) is 48.0 Å². The van der Waals surface area contributed by atoms with Gasteiger partial charge >= 0.3 is 6.03 Å². The van der Waals surface area contributed by atoms with E-state index in [0.29, 0.717) is 0 Å². The van der Waals surface area contributed by atoms with E-state index in [0.717, 1.165) is 0 Å². The summed E-state index contributed by atoms with van der Waals surface area (Å²) in [7, 11) is 0. The molecule has 4 atom stereocenters. The Labute approximate surface area is 316 Å². The van der Waals surface area contributed by atoms with E-state index >= 15 is 4.79 Å². The molecule has 46 heavy (non-hydrogen) atoms. The van der Waals surface area contributed by atoms with Crippen molar-refractivity contribution in [2.75, 3.05) is 19.6 Å². The molecule has 3 aromatic rings. The van der Waals surface area contributed by atoms with Gasteiger partial charge in [0, 0.05) is 42.3 Å². The highest BCUT2D eigenvalue weighted by Gasteiger charge is 2.35. The first-order valence-corrected chi connectivity index (χ1v) is 13.1. The number of aliphatic hydroxyl groups excluding tert-OH is 1. The summed E-state index contributed by atoms with van der Waals surface area (Å²) in [6.45, 7) is -18.9. The average molecular weight is 660 g/mol. The lowest BCUT2D eigenvalue weighted by molar-refractivity contribution is -0.128. The van der Waals surface area contributed by atoms with Crippen LogP contribution in [0.25, 0.3) is 0 Å². The summed E-state index contributed by atoms with van der Waals surface area (Å²) in [6.07, 6.45) is -18.3. The Bertz CT molecular complexity index is 2780. The smallest absolute Gasteiger partial charge is 0.318 e. The molecule has 1 aliphatic heterocycles. The van der Waals surface area contributed by atoms with Gasteiger partial charge in [0.25, 0.3) is 5.91 Å². The molecule has 1 heterocycles. The molecule has 0 aliphatic carbocycles. The number of aryl methyl sites for hydroxylation is 2. The molecule has 4 amide bonds. The van der Waals surface area contributed by atoms with Crippen molar-refractivity contribution in [3.8, 4) is 5.75 Å². The van der Waals surface area contributed by atoms with E-state index in [1.54, 1.807) is 0 Å². The van der Waals surface area contributed by atoms with Gasteiger partial charge < -0.3 is 30.7 Å². The molecule has 1 saturated heterocycles. The highest BCUT2D eigenvalue weighted by Crippen LogP contribution is 2.22. The van der Waals surface area contributed by atoms with Crippen molar-refractivity contribution in [1.82, 2.24) is 20.9 Å². The summed E-state index contributed by atoms with van der Waals surface area (Å²) in [5, 5.41) is 16.5. The Balaban J connectivity index is 2.20. The summed E-state index contributed by atoms with van der Waals surface area (Å²) in [6, 6.07) is -24.9. The van der Waals surface area contributed by atoms with E-state index in [-0.39, 0.29) is 16.9 Å². The van der Waals surface area contributed by atoms with Gasteiger partial charge in [-0.3, -0.25) is 9.59 Å². The molecule has 4 N–H and O–H groups in total. The van der Waals surface area contributed by atoms with Gasteiger partial charge in [-0.2, -0.15) is 0 Å². The third kappa shape index (κ3) is 9.81. The van der Waals surface area contributed by atoms with E-state index in [2.05, 4.69) is 0 Å². The summed E-state index contributed by atoms with van der Waals surface area (Å²) in [5.41, 5.74) is -2.85. The van der Waals surface area contributed by atoms with Crippen LogP contribution in [0.4, 0.5) is 4.79 Å². The molecule has 1 fully saturated rings. The molecular formula is C37H48N4O5. The number of hydrogen-bond acceptors (Lipinski definition) is 5. The molecule has 9 nitrogen and oxygen atoms in total. The van der Waals surface area contributed by atoms with Crippen LogP contribution in [0.1, 0.15) is 91.2 Å². The maximum absolute atomic E-state index is 15.2. The molecule has 0 saturated carbocycles. The van der Waals surface area contributed by atoms with Crippen molar-refractivity contribution >= 4 is 17.8 Å². The van der Waals surface area contributed by atoms with Gasteiger partial charge in [-0.15, -0.1) is 0 Å². The number of nitrogens with zero attached hydrogens (tertiary/aromatic N) is 1. The molecular weight excluding hydrogens is 580 g/mol. The fourth-order valence-electron chi connectivity index (χ4n) is 3.83. The van der Waals surface area contributed by atoms with Gasteiger partial charge in [0.15, 0.2) is 6.56 Å². The molecule has 246 valence electrons. The number of rotatable bonds is 15. The molecule has 4 rings (SSSR count). The van der Waals surface area contributed by atoms with Crippen molar-refractivity contribution in [2.45, 2.75) is 77.3 Å². The van der Waals surface area contributed by atoms with Crippen LogP contribution in [0.2, 0.25) is 0 Å². The minimum Gasteiger partial charge on any atom is -0.483 e. The first-order valence-electron chi connectivity index (χ1n) is 28.6. The molecule has 0 radical (unpaired) electrons. The number of para-hydroxylation sites is 1. The second kappa shape index (κ2) is 16.8. The Morgan fingerprint density at radius 1 is 1.07 bits per heavy atom. The van der Waals surface area contributed by atoms with E-state index < -0.39 is 183 Å². The standard InChI is InChI=1S/C37H48N4O5/c1-25(2)34(41-20-12-19-38-37(41)45)36(44)39-30(21-28-15-7-5-8-16-28)23-32(42)31(22-29-17-9-6-10-18-29)40-33(43)24-46-35-26(3)13-11-14-27(35)4/h5-11,13-18,25,30-32,34,42H,12,19-24H2,1-4H3,(H,38,45)(H,39,44)(H,40,43)/t30-,31-,32-,34-/m0/s1/i1D3,2D3,5D,6D,7D,8D,9D,10D,12D2,15D,16D,17D,18D,19D2,20D2,21D2,22D2,24D2,25D,31D,34D. The Morgan fingerprint density at radius 3 is 2.33 bits per heavy atom. The number of ether oxygens (including phenoxy) is 1. The average Bonchev–Trinajstić information content (AvgIpc) is 3.27. The Hall–Kier alpha value is -4.37. The second-order valence-electron chi connectivity index (χ2n) is 9.19. The molecule has 0 bridgehead atoms. The zero-order chi connectivity index (χ0) is 60.3. The zero-order valence-electron chi connectivity index (χ0n) is 55.1. The fraction of sp³-hybridized carbons (Fsp3) is 0.432. The van der Waals surface area contributed by atoms with Gasteiger partial charge in [0.1, 0.15) is 11.8 Å². The lowest BCUT2D eigenvalue weighted by Gasteiger charge is -2.37. The van der Waals surface area contributed by atoms with Gasteiger partial charge in [-0.1, -0.05) is 92.3 Å². The number of aliphatic hydroxyl groups is 1. The van der Waals surface area contributed by atoms with Gasteiger partial charge in [-0.05, 0) is 67.5 Å². The van der Waals surface area contributed by atoms with Crippen LogP contribution < -0.4 is 20.7 Å². The van der Waals surface area contributed by atoms with Gasteiger partial charge in [0.2, 0.25) is 5.91 Å². The lowest BCUT2D eigenvalue weighted by Crippen LogP contribution is -2.59. The van der Waals surface area contributed by atoms with E-state index in [1.807, 2.05) is 0 Å². The number of carbonyl (C=O) groups excluding carboxylic acids is 3. The summed E-state index contributed by atoms with van der Waals surface area (Å²) in [5.74, 6) is -10.5. The number of benzene rings is 3. The summed E-state index contributed by atoms with van der Waals surface area (Å²) < 4.78 is 270. The molecule has 0 aromatic heterocycles. The first kappa shape index (κ1) is 12.0. The van der Waals surface area contributed by atoms with Crippen molar-refractivity contribution in [2.24, 2.45) is 5.89 Å². The van der Waals surface area contributed by atoms with Crippen LogP contribution in [-0.2, 0) is 22.3 Å². The van der Waals surface area contributed by atoms with Crippen LogP contribution in [0, 0.1) is 19.7 Å². The number of urea groups is 1. The Kier molecular flexibility index (Phi) is 4.39. The van der Waals surface area contributed by atoms with Crippen molar-refractivity contribution in [3.05, 3.63) is 101 Å². The predicted molar refractivity (Wildman–Crippen MR) is 180 cm³/mol. The van der Waals surface area contributed by atoms with E-state index in [9.17, 15) is 22.9 Å². The maximum Gasteiger partial charge on any atom is 0.318 e. The first-order chi connectivity index (χ1) is 34.3. The monoisotopic (exact) mass is 660 g/mol. The van der Waals surface area contributed by atoms with E-state index in [4.69, 9.17) is 39.0 Å². The largest absolute Gasteiger partial charge is 0.483 e. The van der Waals surface area contributed by atoms with Crippen molar-refractivity contribution < 1.29 is 66.7 Å². The van der Waals surface area contributed by atoms with Crippen LogP contribution in [0.3, 0.4) is 0 Å². The minimum atomic E-state index is -5.16. The maximum atomic E-state index is 15.2. The minimum absolute atomic E-state index is 0.172. The number of hydrogen-bond donors (Lipinski definition) is 4. The summed E-state index contributed by atoms with van der Waals surface area (Å²) >= 11 is 0. The molecule has 0 spiro atoms. The molecule has 0 unspecified atom stereocenters.